The zero-order valence-corrected chi connectivity index (χ0v) is 9.15. The van der Waals surface area contributed by atoms with Gasteiger partial charge in [-0.15, -0.1) is 0 Å². The van der Waals surface area contributed by atoms with Gasteiger partial charge in [0.15, 0.2) is 0 Å². The first-order chi connectivity index (χ1) is 8.00. The molecular formula is C10H12N2O5. The Bertz CT molecular complexity index is 438. The summed E-state index contributed by atoms with van der Waals surface area (Å²) in [6.07, 6.45) is 0.878. The van der Waals surface area contributed by atoms with Gasteiger partial charge in [0.05, 0.1) is 18.2 Å². The molecule has 0 aliphatic heterocycles. The molecule has 0 aliphatic rings. The molecule has 92 valence electrons. The lowest BCUT2D eigenvalue weighted by Gasteiger charge is -2.05. The minimum Gasteiger partial charge on any atom is -0.481 e. The van der Waals surface area contributed by atoms with Crippen molar-refractivity contribution < 1.29 is 23.9 Å². The fourth-order valence-electron chi connectivity index (χ4n) is 1.10. The van der Waals surface area contributed by atoms with Crippen LogP contribution in [0.3, 0.4) is 0 Å². The van der Waals surface area contributed by atoms with Gasteiger partial charge in [-0.25, -0.2) is 0 Å². The van der Waals surface area contributed by atoms with Crippen LogP contribution in [0.4, 0.5) is 0 Å². The maximum absolute atomic E-state index is 11.5. The molecule has 2 amide bonds. The topological polar surface area (TPSA) is 109 Å². The molecule has 7 heteroatoms. The van der Waals surface area contributed by atoms with Gasteiger partial charge in [-0.3, -0.25) is 25.2 Å². The summed E-state index contributed by atoms with van der Waals surface area (Å²) in [4.78, 5) is 32.8. The number of rotatable bonds is 4. The molecule has 0 radical (unpaired) electrons. The van der Waals surface area contributed by atoms with Crippen molar-refractivity contribution in [2.45, 2.75) is 19.8 Å². The Balaban J connectivity index is 2.36. The first-order valence-corrected chi connectivity index (χ1v) is 4.85. The van der Waals surface area contributed by atoms with Crippen LogP contribution in [0.1, 0.15) is 29.0 Å². The van der Waals surface area contributed by atoms with Crippen LogP contribution in [-0.2, 0) is 9.59 Å². The third kappa shape index (κ3) is 3.98. The van der Waals surface area contributed by atoms with Gasteiger partial charge < -0.3 is 9.52 Å². The van der Waals surface area contributed by atoms with Crippen molar-refractivity contribution in [1.29, 1.82) is 0 Å². The maximum Gasteiger partial charge on any atom is 0.303 e. The van der Waals surface area contributed by atoms with Gasteiger partial charge in [0.25, 0.3) is 5.91 Å². The quantitative estimate of drug-likeness (QED) is 0.652. The van der Waals surface area contributed by atoms with Crippen LogP contribution < -0.4 is 10.9 Å². The third-order valence-corrected chi connectivity index (χ3v) is 1.98. The van der Waals surface area contributed by atoms with E-state index < -0.39 is 17.8 Å². The molecule has 0 spiro atoms. The van der Waals surface area contributed by atoms with Crippen LogP contribution in [0, 0.1) is 6.92 Å². The highest BCUT2D eigenvalue weighted by Crippen LogP contribution is 2.07. The van der Waals surface area contributed by atoms with E-state index in [0.29, 0.717) is 11.3 Å². The van der Waals surface area contributed by atoms with Crippen LogP contribution in [0.5, 0.6) is 0 Å². The summed E-state index contributed by atoms with van der Waals surface area (Å²) < 4.78 is 4.92. The van der Waals surface area contributed by atoms with Gasteiger partial charge in [0.1, 0.15) is 5.76 Å². The average molecular weight is 240 g/mol. The number of aliphatic carboxylic acids is 1. The van der Waals surface area contributed by atoms with Crippen molar-refractivity contribution in [2.24, 2.45) is 0 Å². The number of furan rings is 1. The Morgan fingerprint density at radius 2 is 2.00 bits per heavy atom. The van der Waals surface area contributed by atoms with E-state index in [2.05, 4.69) is 10.9 Å². The Morgan fingerprint density at radius 3 is 2.53 bits per heavy atom. The molecule has 1 heterocycles. The van der Waals surface area contributed by atoms with Crippen molar-refractivity contribution in [3.8, 4) is 0 Å². The number of carboxylic acids is 1. The number of carbonyl (C=O) groups is 3. The number of carbonyl (C=O) groups excluding carboxylic acids is 2. The van der Waals surface area contributed by atoms with Crippen molar-refractivity contribution in [2.75, 3.05) is 0 Å². The second-order valence-corrected chi connectivity index (χ2v) is 3.29. The second-order valence-electron chi connectivity index (χ2n) is 3.29. The smallest absolute Gasteiger partial charge is 0.303 e. The summed E-state index contributed by atoms with van der Waals surface area (Å²) in [5, 5.41) is 8.35. The van der Waals surface area contributed by atoms with Gasteiger partial charge in [-0.1, -0.05) is 0 Å². The zero-order chi connectivity index (χ0) is 12.8. The minimum atomic E-state index is -1.07. The van der Waals surface area contributed by atoms with E-state index in [1.165, 1.54) is 12.3 Å². The summed E-state index contributed by atoms with van der Waals surface area (Å²) in [5.41, 5.74) is 4.58. The maximum atomic E-state index is 11.5. The second kappa shape index (κ2) is 5.69. The SMILES string of the molecule is Cc1occc1C(=O)NNC(=O)CCC(=O)O. The van der Waals surface area contributed by atoms with Crippen molar-refractivity contribution in [3.63, 3.8) is 0 Å². The van der Waals surface area contributed by atoms with E-state index in [4.69, 9.17) is 9.52 Å². The lowest BCUT2D eigenvalue weighted by atomic mass is 10.2. The lowest BCUT2D eigenvalue weighted by Crippen LogP contribution is -2.41. The number of carboxylic acid groups (broad SMARTS) is 1. The molecule has 0 bridgehead atoms. The molecule has 17 heavy (non-hydrogen) atoms. The molecule has 0 aromatic carbocycles. The molecule has 0 aliphatic carbocycles. The summed E-state index contributed by atoms with van der Waals surface area (Å²) in [5.74, 6) is -1.72. The van der Waals surface area contributed by atoms with E-state index in [1.807, 2.05) is 0 Å². The summed E-state index contributed by atoms with van der Waals surface area (Å²) in [6.45, 7) is 1.61. The molecule has 0 atom stereocenters. The Kier molecular flexibility index (Phi) is 4.27. The van der Waals surface area contributed by atoms with Crippen LogP contribution in [-0.4, -0.2) is 22.9 Å². The monoisotopic (exact) mass is 240 g/mol. The van der Waals surface area contributed by atoms with E-state index in [0.717, 1.165) is 0 Å². The summed E-state index contributed by atoms with van der Waals surface area (Å²) in [6, 6.07) is 1.47. The molecule has 0 unspecified atom stereocenters. The highest BCUT2D eigenvalue weighted by Gasteiger charge is 2.12. The standard InChI is InChI=1S/C10H12N2O5/c1-6-7(4-5-17-6)10(16)12-11-8(13)2-3-9(14)15/h4-5H,2-3H2,1H3,(H,11,13)(H,12,16)(H,14,15). The molecule has 1 aromatic heterocycles. The largest absolute Gasteiger partial charge is 0.481 e. The number of hydrazine groups is 1. The molecule has 0 fully saturated rings. The normalized spacial score (nSPS) is 9.71. The van der Waals surface area contributed by atoms with E-state index in [-0.39, 0.29) is 12.8 Å². The van der Waals surface area contributed by atoms with E-state index in [9.17, 15) is 14.4 Å². The Morgan fingerprint density at radius 1 is 1.29 bits per heavy atom. The van der Waals surface area contributed by atoms with Gasteiger partial charge in [0.2, 0.25) is 5.91 Å². The fourth-order valence-corrected chi connectivity index (χ4v) is 1.10. The Labute approximate surface area is 96.8 Å². The van der Waals surface area contributed by atoms with Crippen molar-refractivity contribution in [1.82, 2.24) is 10.9 Å². The van der Waals surface area contributed by atoms with Crippen LogP contribution in [0.15, 0.2) is 16.7 Å². The number of hydrogen-bond donors (Lipinski definition) is 3. The molecule has 3 N–H and O–H groups in total. The van der Waals surface area contributed by atoms with Crippen molar-refractivity contribution >= 4 is 17.8 Å². The average Bonchev–Trinajstić information content (AvgIpc) is 2.69. The number of aryl methyl sites for hydroxylation is 1. The first kappa shape index (κ1) is 12.8. The predicted molar refractivity (Wildman–Crippen MR) is 55.9 cm³/mol. The highest BCUT2D eigenvalue weighted by atomic mass is 16.4. The highest BCUT2D eigenvalue weighted by molar-refractivity contribution is 5.96. The number of hydrogen-bond acceptors (Lipinski definition) is 4. The summed E-state index contributed by atoms with van der Waals surface area (Å²) in [7, 11) is 0. The van der Waals surface area contributed by atoms with Gasteiger partial charge >= 0.3 is 5.97 Å². The van der Waals surface area contributed by atoms with Crippen molar-refractivity contribution in [3.05, 3.63) is 23.7 Å². The molecule has 1 aromatic rings. The minimum absolute atomic E-state index is 0.194. The number of amides is 2. The van der Waals surface area contributed by atoms with Crippen LogP contribution in [0.25, 0.3) is 0 Å². The fraction of sp³-hybridized carbons (Fsp3) is 0.300. The van der Waals surface area contributed by atoms with Gasteiger partial charge in [-0.2, -0.15) is 0 Å². The predicted octanol–water partition coefficient (Wildman–Crippen LogP) is 0.214. The van der Waals surface area contributed by atoms with Gasteiger partial charge in [-0.05, 0) is 13.0 Å². The zero-order valence-electron chi connectivity index (χ0n) is 9.15. The Hall–Kier alpha value is -2.31. The number of nitrogens with one attached hydrogen (secondary N) is 2. The van der Waals surface area contributed by atoms with E-state index in [1.54, 1.807) is 6.92 Å². The third-order valence-electron chi connectivity index (χ3n) is 1.98. The summed E-state index contributed by atoms with van der Waals surface area (Å²) >= 11 is 0. The molecular weight excluding hydrogens is 228 g/mol. The molecule has 1 rings (SSSR count). The van der Waals surface area contributed by atoms with Crippen LogP contribution >= 0.6 is 0 Å². The first-order valence-electron chi connectivity index (χ1n) is 4.85. The van der Waals surface area contributed by atoms with Crippen LogP contribution in [0.2, 0.25) is 0 Å². The molecule has 0 saturated heterocycles. The molecule has 0 saturated carbocycles. The van der Waals surface area contributed by atoms with E-state index >= 15 is 0 Å². The molecule has 7 nitrogen and oxygen atoms in total. The lowest BCUT2D eigenvalue weighted by molar-refractivity contribution is -0.138. The van der Waals surface area contributed by atoms with Gasteiger partial charge in [0, 0.05) is 6.42 Å².